The Hall–Kier alpha value is -1.67. The van der Waals surface area contributed by atoms with Gasteiger partial charge in [0.2, 0.25) is 0 Å². The highest BCUT2D eigenvalue weighted by Crippen LogP contribution is 2.50. The van der Waals surface area contributed by atoms with Crippen molar-refractivity contribution in [1.29, 1.82) is 0 Å². The molecule has 10 heteroatoms. The van der Waals surface area contributed by atoms with Gasteiger partial charge >= 0.3 is 0 Å². The number of benzene rings is 3. The smallest absolute Gasteiger partial charge is 0.283 e. The van der Waals surface area contributed by atoms with Gasteiger partial charge in [-0.05, 0) is 41.5 Å². The SMILES string of the molecule is O=S(=O)(O)C(c1ccc(Cl)cc1)(c1ccc(Cl)c(O)c1)c1cc(Cl)cc(O)c1Cl. The summed E-state index contributed by atoms with van der Waals surface area (Å²) in [6, 6.07) is 11.6. The van der Waals surface area contributed by atoms with Crippen LogP contribution in [0.4, 0.5) is 0 Å². The van der Waals surface area contributed by atoms with E-state index >= 15 is 0 Å². The Kier molecular flexibility index (Phi) is 5.98. The first-order valence-electron chi connectivity index (χ1n) is 7.89. The summed E-state index contributed by atoms with van der Waals surface area (Å²) in [6.07, 6.45) is 0. The summed E-state index contributed by atoms with van der Waals surface area (Å²) in [5.74, 6) is -0.914. The van der Waals surface area contributed by atoms with Crippen molar-refractivity contribution in [2.24, 2.45) is 0 Å². The molecule has 5 nitrogen and oxygen atoms in total. The normalized spacial score (nSPS) is 13.8. The van der Waals surface area contributed by atoms with Crippen LogP contribution in [0, 0.1) is 0 Å². The molecule has 1 unspecified atom stereocenters. The molecule has 0 bridgehead atoms. The summed E-state index contributed by atoms with van der Waals surface area (Å²) in [5, 5.41) is 20.2. The summed E-state index contributed by atoms with van der Waals surface area (Å²) in [4.78, 5) is 0. The minimum absolute atomic E-state index is 0.0259. The second-order valence-electron chi connectivity index (χ2n) is 6.12. The molecule has 0 heterocycles. The Morgan fingerprint density at radius 2 is 1.31 bits per heavy atom. The van der Waals surface area contributed by atoms with Gasteiger partial charge in [-0.1, -0.05) is 64.6 Å². The topological polar surface area (TPSA) is 94.8 Å². The largest absolute Gasteiger partial charge is 0.506 e. The van der Waals surface area contributed by atoms with Crippen LogP contribution in [0.25, 0.3) is 0 Å². The van der Waals surface area contributed by atoms with E-state index in [1.54, 1.807) is 0 Å². The fourth-order valence-electron chi connectivity index (χ4n) is 3.16. The molecule has 0 aliphatic heterocycles. The first-order chi connectivity index (χ1) is 13.5. The Balaban J connectivity index is 2.58. The molecule has 0 amide bonds. The zero-order valence-corrected chi connectivity index (χ0v) is 18.1. The third kappa shape index (κ3) is 3.77. The highest BCUT2D eigenvalue weighted by atomic mass is 35.5. The van der Waals surface area contributed by atoms with Crippen LogP contribution in [0.1, 0.15) is 16.7 Å². The van der Waals surface area contributed by atoms with Crippen molar-refractivity contribution >= 4 is 56.5 Å². The number of phenols is 2. The quantitative estimate of drug-likeness (QED) is 0.311. The van der Waals surface area contributed by atoms with Crippen LogP contribution in [0.3, 0.4) is 0 Å². The predicted octanol–water partition coefficient (Wildman–Crippen LogP) is 5.89. The van der Waals surface area contributed by atoms with Crippen molar-refractivity contribution in [3.8, 4) is 11.5 Å². The van der Waals surface area contributed by atoms with Crippen molar-refractivity contribution in [3.63, 3.8) is 0 Å². The lowest BCUT2D eigenvalue weighted by molar-refractivity contribution is 0.455. The van der Waals surface area contributed by atoms with E-state index in [0.717, 1.165) is 12.1 Å². The van der Waals surface area contributed by atoms with Crippen molar-refractivity contribution in [2.45, 2.75) is 4.75 Å². The number of phenolic OH excluding ortho intramolecular Hbond substituents is 2. The molecular formula is C19H12Cl4O5S. The number of halogens is 4. The molecule has 0 aliphatic rings. The summed E-state index contributed by atoms with van der Waals surface area (Å²) >= 11 is 24.1. The molecule has 3 aromatic rings. The van der Waals surface area contributed by atoms with Gasteiger partial charge in [0.05, 0.1) is 10.0 Å². The van der Waals surface area contributed by atoms with Gasteiger partial charge in [-0.25, -0.2) is 0 Å². The number of hydrogen-bond donors (Lipinski definition) is 3. The highest BCUT2D eigenvalue weighted by molar-refractivity contribution is 7.87. The second kappa shape index (κ2) is 7.87. The Labute approximate surface area is 186 Å². The third-order valence-electron chi connectivity index (χ3n) is 4.39. The van der Waals surface area contributed by atoms with Crippen LogP contribution in [-0.2, 0) is 14.9 Å². The lowest BCUT2D eigenvalue weighted by Gasteiger charge is -2.33. The standard InChI is InChI=1S/C19H12Cl4O5S/c20-12-4-1-10(2-5-12)19(29(26,27)28,11-3-6-15(22)16(24)7-11)14-8-13(21)9-17(25)18(14)23/h1-9,24-25H,(H,26,27,28). The molecule has 0 spiro atoms. The van der Waals surface area contributed by atoms with E-state index in [1.807, 2.05) is 0 Å². The molecule has 29 heavy (non-hydrogen) atoms. The zero-order valence-electron chi connectivity index (χ0n) is 14.3. The molecule has 3 N–H and O–H groups in total. The van der Waals surface area contributed by atoms with Crippen molar-refractivity contribution in [1.82, 2.24) is 0 Å². The first-order valence-corrected chi connectivity index (χ1v) is 10.8. The van der Waals surface area contributed by atoms with Crippen LogP contribution >= 0.6 is 46.4 Å². The summed E-state index contributed by atoms with van der Waals surface area (Å²) < 4.78 is 34.0. The molecule has 0 radical (unpaired) electrons. The maximum atomic E-state index is 12.9. The van der Waals surface area contributed by atoms with Crippen LogP contribution in [0.2, 0.25) is 20.1 Å². The van der Waals surface area contributed by atoms with E-state index in [2.05, 4.69) is 0 Å². The number of rotatable bonds is 4. The van der Waals surface area contributed by atoms with Gasteiger partial charge in [-0.15, -0.1) is 0 Å². The molecule has 0 aliphatic carbocycles. The third-order valence-corrected chi connectivity index (χ3v) is 7.04. The van der Waals surface area contributed by atoms with E-state index in [4.69, 9.17) is 46.4 Å². The Bertz CT molecular complexity index is 1200. The predicted molar refractivity (Wildman–Crippen MR) is 114 cm³/mol. The molecule has 0 saturated carbocycles. The van der Waals surface area contributed by atoms with E-state index in [9.17, 15) is 23.2 Å². The van der Waals surface area contributed by atoms with Gasteiger partial charge in [-0.3, -0.25) is 4.55 Å². The number of aromatic hydroxyl groups is 2. The molecule has 0 fully saturated rings. The van der Waals surface area contributed by atoms with E-state index in [-0.39, 0.29) is 31.8 Å². The average Bonchev–Trinajstić information content (AvgIpc) is 2.62. The fraction of sp³-hybridized carbons (Fsp3) is 0.0526. The van der Waals surface area contributed by atoms with Gasteiger partial charge in [-0.2, -0.15) is 8.42 Å². The Morgan fingerprint density at radius 1 is 0.724 bits per heavy atom. The van der Waals surface area contributed by atoms with Gasteiger partial charge in [0.25, 0.3) is 10.1 Å². The molecule has 0 saturated heterocycles. The lowest BCUT2D eigenvalue weighted by Crippen LogP contribution is -2.38. The minimum Gasteiger partial charge on any atom is -0.506 e. The second-order valence-corrected chi connectivity index (χ2v) is 9.34. The molecule has 152 valence electrons. The van der Waals surface area contributed by atoms with Crippen LogP contribution in [0.15, 0.2) is 54.6 Å². The van der Waals surface area contributed by atoms with E-state index in [0.29, 0.717) is 5.02 Å². The van der Waals surface area contributed by atoms with Crippen LogP contribution in [0.5, 0.6) is 11.5 Å². The van der Waals surface area contributed by atoms with Crippen LogP contribution in [-0.4, -0.2) is 23.2 Å². The zero-order chi connectivity index (χ0) is 21.6. The highest BCUT2D eigenvalue weighted by Gasteiger charge is 2.50. The van der Waals surface area contributed by atoms with Crippen molar-refractivity contribution in [2.75, 3.05) is 0 Å². The van der Waals surface area contributed by atoms with E-state index in [1.165, 1.54) is 42.5 Å². The maximum absolute atomic E-state index is 12.9. The lowest BCUT2D eigenvalue weighted by atomic mass is 9.83. The van der Waals surface area contributed by atoms with Gasteiger partial charge in [0.15, 0.2) is 4.75 Å². The van der Waals surface area contributed by atoms with Crippen molar-refractivity contribution in [3.05, 3.63) is 91.4 Å². The van der Waals surface area contributed by atoms with Crippen molar-refractivity contribution < 1.29 is 23.2 Å². The molecule has 0 aromatic heterocycles. The van der Waals surface area contributed by atoms with E-state index < -0.39 is 26.4 Å². The molecule has 3 rings (SSSR count). The summed E-state index contributed by atoms with van der Waals surface area (Å²) in [5.41, 5.74) is -0.279. The minimum atomic E-state index is -5.04. The molecule has 1 atom stereocenters. The first kappa shape index (κ1) is 22.0. The van der Waals surface area contributed by atoms with Gasteiger partial charge in [0.1, 0.15) is 11.5 Å². The van der Waals surface area contributed by atoms with Crippen LogP contribution < -0.4 is 0 Å². The average molecular weight is 494 g/mol. The number of hydrogen-bond acceptors (Lipinski definition) is 4. The summed E-state index contributed by atoms with van der Waals surface area (Å²) in [6.45, 7) is 0. The van der Waals surface area contributed by atoms with Gasteiger partial charge < -0.3 is 10.2 Å². The summed E-state index contributed by atoms with van der Waals surface area (Å²) in [7, 11) is -5.04. The fourth-order valence-corrected chi connectivity index (χ4v) is 5.22. The molecule has 3 aromatic carbocycles. The monoisotopic (exact) mass is 492 g/mol. The maximum Gasteiger partial charge on any atom is 0.283 e. The van der Waals surface area contributed by atoms with Gasteiger partial charge in [0, 0.05) is 21.7 Å². The molecular weight excluding hydrogens is 482 g/mol. The Morgan fingerprint density at radius 3 is 1.86 bits per heavy atom.